The molecule has 0 amide bonds. The molecule has 0 radical (unpaired) electrons. The van der Waals surface area contributed by atoms with Gasteiger partial charge in [0, 0.05) is 18.4 Å². The lowest BCUT2D eigenvalue weighted by Crippen LogP contribution is -2.08. The van der Waals surface area contributed by atoms with Crippen LogP contribution in [-0.4, -0.2) is 12.5 Å². The molecule has 2 rings (SSSR count). The molecule has 14 heavy (non-hydrogen) atoms. The van der Waals surface area contributed by atoms with Gasteiger partial charge < -0.3 is 4.74 Å². The van der Waals surface area contributed by atoms with Crippen molar-refractivity contribution in [1.82, 2.24) is 0 Å². The van der Waals surface area contributed by atoms with Gasteiger partial charge in [0.15, 0.2) is 0 Å². The molecule has 1 aliphatic rings. The Kier molecular flexibility index (Phi) is 3.09. The number of benzene rings is 1. The Morgan fingerprint density at radius 1 is 1.50 bits per heavy atom. The maximum atomic E-state index is 5.91. The van der Waals surface area contributed by atoms with E-state index >= 15 is 0 Å². The summed E-state index contributed by atoms with van der Waals surface area (Å²) in [4.78, 5) is 0. The van der Waals surface area contributed by atoms with Crippen molar-refractivity contribution in [3.8, 4) is 0 Å². The van der Waals surface area contributed by atoms with Crippen molar-refractivity contribution in [3.05, 3.63) is 35.4 Å². The van der Waals surface area contributed by atoms with E-state index in [1.807, 2.05) is 0 Å². The van der Waals surface area contributed by atoms with Crippen LogP contribution >= 0.6 is 11.6 Å². The Morgan fingerprint density at radius 3 is 3.07 bits per heavy atom. The van der Waals surface area contributed by atoms with Crippen molar-refractivity contribution in [2.45, 2.75) is 19.4 Å². The smallest absolute Gasteiger partial charge is 0.0865 e. The highest BCUT2D eigenvalue weighted by molar-refractivity contribution is 6.18. The molecular weight excluding hydrogens is 196 g/mol. The fraction of sp³-hybridized carbons (Fsp3) is 0.500. The molecule has 0 bridgehead atoms. The minimum atomic E-state index is 0.215. The van der Waals surface area contributed by atoms with E-state index < -0.39 is 0 Å². The van der Waals surface area contributed by atoms with E-state index in [0.717, 1.165) is 13.0 Å². The first-order chi connectivity index (χ1) is 6.81. The number of hydrogen-bond acceptors (Lipinski definition) is 1. The van der Waals surface area contributed by atoms with Gasteiger partial charge in [0.25, 0.3) is 0 Å². The fourth-order valence-electron chi connectivity index (χ4n) is 2.01. The molecule has 1 aromatic rings. The van der Waals surface area contributed by atoms with Gasteiger partial charge in [0.05, 0.1) is 6.10 Å². The van der Waals surface area contributed by atoms with E-state index in [4.69, 9.17) is 16.3 Å². The largest absolute Gasteiger partial charge is 0.373 e. The van der Waals surface area contributed by atoms with E-state index in [2.05, 4.69) is 31.2 Å². The van der Waals surface area contributed by atoms with Crippen LogP contribution in [0.4, 0.5) is 0 Å². The molecule has 0 spiro atoms. The Bertz CT molecular complexity index is 311. The van der Waals surface area contributed by atoms with Crippen molar-refractivity contribution < 1.29 is 4.74 Å². The zero-order chi connectivity index (χ0) is 9.97. The van der Waals surface area contributed by atoms with Gasteiger partial charge in [0.1, 0.15) is 0 Å². The van der Waals surface area contributed by atoms with Gasteiger partial charge in [-0.15, -0.1) is 11.6 Å². The van der Waals surface area contributed by atoms with E-state index in [1.165, 1.54) is 11.1 Å². The summed E-state index contributed by atoms with van der Waals surface area (Å²) in [6, 6.07) is 8.50. The average molecular weight is 211 g/mol. The number of aryl methyl sites for hydroxylation is 1. The predicted molar refractivity (Wildman–Crippen MR) is 58.7 cm³/mol. The normalized spacial score (nSPS) is 26.7. The fourth-order valence-corrected chi connectivity index (χ4v) is 2.32. The van der Waals surface area contributed by atoms with Crippen molar-refractivity contribution >= 4 is 11.6 Å². The first-order valence-corrected chi connectivity index (χ1v) is 5.59. The first-order valence-electron chi connectivity index (χ1n) is 5.05. The molecule has 0 saturated carbocycles. The van der Waals surface area contributed by atoms with Crippen LogP contribution in [0.15, 0.2) is 24.3 Å². The Hall–Kier alpha value is -0.530. The molecule has 1 aromatic carbocycles. The van der Waals surface area contributed by atoms with E-state index in [-0.39, 0.29) is 6.10 Å². The summed E-state index contributed by atoms with van der Waals surface area (Å²) >= 11 is 5.91. The molecular formula is C12H15ClO. The summed E-state index contributed by atoms with van der Waals surface area (Å²) in [6.45, 7) is 2.95. The SMILES string of the molecule is Cc1cccc(C2OCCC2CCl)c1. The summed E-state index contributed by atoms with van der Waals surface area (Å²) in [6.07, 6.45) is 1.30. The maximum Gasteiger partial charge on any atom is 0.0865 e. The second kappa shape index (κ2) is 4.33. The van der Waals surface area contributed by atoms with E-state index in [0.29, 0.717) is 11.8 Å². The highest BCUT2D eigenvalue weighted by Gasteiger charge is 2.28. The van der Waals surface area contributed by atoms with Gasteiger partial charge in [-0.05, 0) is 18.9 Å². The molecule has 2 heteroatoms. The first kappa shape index (κ1) is 10.0. The number of halogens is 1. The lowest BCUT2D eigenvalue weighted by molar-refractivity contribution is 0.0951. The number of alkyl halides is 1. The van der Waals surface area contributed by atoms with Gasteiger partial charge in [0.2, 0.25) is 0 Å². The van der Waals surface area contributed by atoms with Crippen LogP contribution in [0.1, 0.15) is 23.7 Å². The van der Waals surface area contributed by atoms with Gasteiger partial charge in [-0.3, -0.25) is 0 Å². The second-order valence-electron chi connectivity index (χ2n) is 3.91. The van der Waals surface area contributed by atoms with Crippen molar-refractivity contribution in [1.29, 1.82) is 0 Å². The standard InChI is InChI=1S/C12H15ClO/c1-9-3-2-4-10(7-9)12-11(8-13)5-6-14-12/h2-4,7,11-12H,5-6,8H2,1H3. The zero-order valence-electron chi connectivity index (χ0n) is 8.37. The number of ether oxygens (including phenoxy) is 1. The van der Waals surface area contributed by atoms with E-state index in [9.17, 15) is 0 Å². The van der Waals surface area contributed by atoms with Gasteiger partial charge >= 0.3 is 0 Å². The van der Waals surface area contributed by atoms with Crippen LogP contribution in [0.2, 0.25) is 0 Å². The summed E-state index contributed by atoms with van der Waals surface area (Å²) < 4.78 is 5.71. The number of rotatable bonds is 2. The minimum absolute atomic E-state index is 0.215. The third kappa shape index (κ3) is 1.94. The van der Waals surface area contributed by atoms with Crippen LogP contribution in [0.3, 0.4) is 0 Å². The highest BCUT2D eigenvalue weighted by Crippen LogP contribution is 2.35. The van der Waals surface area contributed by atoms with Crippen LogP contribution in [0, 0.1) is 12.8 Å². The van der Waals surface area contributed by atoms with Crippen molar-refractivity contribution in [2.24, 2.45) is 5.92 Å². The molecule has 1 fully saturated rings. The van der Waals surface area contributed by atoms with Gasteiger partial charge in [-0.25, -0.2) is 0 Å². The highest BCUT2D eigenvalue weighted by atomic mass is 35.5. The lowest BCUT2D eigenvalue weighted by Gasteiger charge is -2.16. The Balaban J connectivity index is 2.21. The summed E-state index contributed by atoms with van der Waals surface area (Å²) in [5, 5.41) is 0. The molecule has 1 nitrogen and oxygen atoms in total. The lowest BCUT2D eigenvalue weighted by atomic mass is 9.96. The van der Waals surface area contributed by atoms with Crippen molar-refractivity contribution in [3.63, 3.8) is 0 Å². The van der Waals surface area contributed by atoms with Crippen LogP contribution in [-0.2, 0) is 4.74 Å². The number of hydrogen-bond donors (Lipinski definition) is 0. The topological polar surface area (TPSA) is 9.23 Å². The molecule has 1 aliphatic heterocycles. The molecule has 0 aliphatic carbocycles. The predicted octanol–water partition coefficient (Wildman–Crippen LogP) is 3.31. The Morgan fingerprint density at radius 2 is 2.36 bits per heavy atom. The molecule has 2 atom stereocenters. The Labute approximate surface area is 90.0 Å². The molecule has 2 unspecified atom stereocenters. The van der Waals surface area contributed by atoms with Crippen LogP contribution < -0.4 is 0 Å². The molecule has 1 saturated heterocycles. The van der Waals surface area contributed by atoms with Gasteiger partial charge in [-0.2, -0.15) is 0 Å². The van der Waals surface area contributed by atoms with Crippen molar-refractivity contribution in [2.75, 3.05) is 12.5 Å². The third-order valence-electron chi connectivity index (χ3n) is 2.78. The summed E-state index contributed by atoms with van der Waals surface area (Å²) in [5.41, 5.74) is 2.56. The monoisotopic (exact) mass is 210 g/mol. The second-order valence-corrected chi connectivity index (χ2v) is 4.22. The molecule has 0 aromatic heterocycles. The van der Waals surface area contributed by atoms with Crippen LogP contribution in [0.25, 0.3) is 0 Å². The molecule has 76 valence electrons. The third-order valence-corrected chi connectivity index (χ3v) is 3.18. The zero-order valence-corrected chi connectivity index (χ0v) is 9.13. The quantitative estimate of drug-likeness (QED) is 0.681. The molecule has 1 heterocycles. The molecule has 0 N–H and O–H groups in total. The maximum absolute atomic E-state index is 5.91. The summed E-state index contributed by atoms with van der Waals surface area (Å²) in [5.74, 6) is 1.18. The summed E-state index contributed by atoms with van der Waals surface area (Å²) in [7, 11) is 0. The van der Waals surface area contributed by atoms with Gasteiger partial charge in [-0.1, -0.05) is 29.8 Å². The van der Waals surface area contributed by atoms with E-state index in [1.54, 1.807) is 0 Å². The average Bonchev–Trinajstić information content (AvgIpc) is 2.65. The minimum Gasteiger partial charge on any atom is -0.373 e. The van der Waals surface area contributed by atoms with Crippen LogP contribution in [0.5, 0.6) is 0 Å².